The van der Waals surface area contributed by atoms with Crippen molar-refractivity contribution in [3.8, 4) is 0 Å². The van der Waals surface area contributed by atoms with Gasteiger partial charge in [0.1, 0.15) is 6.54 Å². The molecule has 0 aliphatic carbocycles. The smallest absolute Gasteiger partial charge is 0.209 e. The molecule has 0 aromatic heterocycles. The fraction of sp³-hybridized carbons (Fsp3) is 0.393. The highest BCUT2D eigenvalue weighted by molar-refractivity contribution is 7.58. The van der Waals surface area contributed by atoms with E-state index < -0.39 is 13.0 Å². The van der Waals surface area contributed by atoms with Crippen LogP contribution >= 0.6 is 7.60 Å². The van der Waals surface area contributed by atoms with E-state index in [4.69, 9.17) is 0 Å². The fourth-order valence-electron chi connectivity index (χ4n) is 5.54. The van der Waals surface area contributed by atoms with Crippen LogP contribution < -0.4 is 15.1 Å². The van der Waals surface area contributed by atoms with Crippen LogP contribution in [0.3, 0.4) is 0 Å². The van der Waals surface area contributed by atoms with Crippen molar-refractivity contribution in [3.63, 3.8) is 0 Å². The van der Waals surface area contributed by atoms with Crippen LogP contribution in [0.1, 0.15) is 58.2 Å². The molecule has 2 aromatic carbocycles. The Kier molecular flexibility index (Phi) is 6.05. The quantitative estimate of drug-likeness (QED) is 0.494. The van der Waals surface area contributed by atoms with Gasteiger partial charge in [0.15, 0.2) is 13.3 Å². The summed E-state index contributed by atoms with van der Waals surface area (Å²) in [7, 11) is -4.56. The van der Waals surface area contributed by atoms with Crippen molar-refractivity contribution in [1.82, 2.24) is 0 Å². The summed E-state index contributed by atoms with van der Waals surface area (Å²) in [5, 5.41) is -0.0397. The van der Waals surface area contributed by atoms with Gasteiger partial charge in [0.2, 0.25) is 5.69 Å². The SMILES string of the molecule is CCN1/C(=C/C=C/C2=[N+](CC)c3ccc(P(=O)([O-])O)cc3C2(C)C)C(C)(C)c2cc(C)ccc21. The van der Waals surface area contributed by atoms with Crippen molar-refractivity contribution in [1.29, 1.82) is 0 Å². The van der Waals surface area contributed by atoms with E-state index in [1.807, 2.05) is 0 Å². The van der Waals surface area contributed by atoms with Crippen LogP contribution in [-0.2, 0) is 15.4 Å². The van der Waals surface area contributed by atoms with E-state index in [9.17, 15) is 14.4 Å². The summed E-state index contributed by atoms with van der Waals surface area (Å²) in [6, 6.07) is 11.6. The Bertz CT molecular complexity index is 1290. The fourth-order valence-corrected chi connectivity index (χ4v) is 6.10. The standard InChI is InChI=1S/C28H35N2O3P/c1-8-29-23-15-13-19(3)17-21(23)27(4,5)25(29)11-10-12-26-28(6,7)22-18-20(34(31,32)33)14-16-24(22)30(26)9-2/h10-18H,8-9H2,1-7H3,(H-,31,32,33). The molecule has 0 radical (unpaired) electrons. The molecule has 2 aliphatic rings. The van der Waals surface area contributed by atoms with Crippen LogP contribution in [0.25, 0.3) is 0 Å². The molecule has 2 heterocycles. The van der Waals surface area contributed by atoms with Gasteiger partial charge in [-0.1, -0.05) is 37.6 Å². The van der Waals surface area contributed by atoms with Crippen LogP contribution in [0.2, 0.25) is 0 Å². The number of hydrogen-bond acceptors (Lipinski definition) is 3. The van der Waals surface area contributed by atoms with E-state index in [2.05, 4.69) is 94.4 Å². The predicted molar refractivity (Wildman–Crippen MR) is 139 cm³/mol. The van der Waals surface area contributed by atoms with E-state index >= 15 is 0 Å². The Labute approximate surface area is 203 Å². The third-order valence-corrected chi connectivity index (χ3v) is 8.32. The molecule has 6 heteroatoms. The molecule has 1 N–H and O–H groups in total. The van der Waals surface area contributed by atoms with Gasteiger partial charge in [-0.3, -0.25) is 0 Å². The third-order valence-electron chi connectivity index (χ3n) is 7.39. The first-order valence-electron chi connectivity index (χ1n) is 11.9. The summed E-state index contributed by atoms with van der Waals surface area (Å²) >= 11 is 0. The minimum atomic E-state index is -4.56. The first kappa shape index (κ1) is 24.7. The second kappa shape index (κ2) is 8.34. The van der Waals surface area contributed by atoms with Crippen molar-refractivity contribution >= 4 is 30.0 Å². The average molecular weight is 479 g/mol. The van der Waals surface area contributed by atoms with Gasteiger partial charge in [-0.2, -0.15) is 4.58 Å². The second-order valence-electron chi connectivity index (χ2n) is 10.3. The highest BCUT2D eigenvalue weighted by Crippen LogP contribution is 2.48. The first-order valence-corrected chi connectivity index (χ1v) is 13.5. The molecule has 0 saturated carbocycles. The summed E-state index contributed by atoms with van der Waals surface area (Å²) < 4.78 is 14.0. The van der Waals surface area contributed by atoms with Crippen LogP contribution in [-0.4, -0.2) is 28.3 Å². The molecule has 0 fully saturated rings. The zero-order valence-electron chi connectivity index (χ0n) is 21.2. The average Bonchev–Trinajstić information content (AvgIpc) is 3.11. The van der Waals surface area contributed by atoms with Gasteiger partial charge in [-0.25, -0.2) is 0 Å². The van der Waals surface area contributed by atoms with Gasteiger partial charge in [0, 0.05) is 46.4 Å². The van der Waals surface area contributed by atoms with Crippen molar-refractivity contribution in [2.75, 3.05) is 18.0 Å². The van der Waals surface area contributed by atoms with Gasteiger partial charge in [0.05, 0.1) is 5.41 Å². The van der Waals surface area contributed by atoms with Crippen molar-refractivity contribution in [2.45, 2.75) is 59.3 Å². The normalized spacial score (nSPS) is 21.3. The van der Waals surface area contributed by atoms with Crippen molar-refractivity contribution < 1.29 is 18.9 Å². The maximum Gasteiger partial charge on any atom is 0.209 e. The highest BCUT2D eigenvalue weighted by Gasteiger charge is 2.44. The number of fused-ring (bicyclic) bond motifs is 2. The number of rotatable bonds is 5. The molecule has 180 valence electrons. The van der Waals surface area contributed by atoms with Crippen LogP contribution in [0, 0.1) is 6.92 Å². The van der Waals surface area contributed by atoms with E-state index in [1.165, 1.54) is 28.6 Å². The zero-order valence-corrected chi connectivity index (χ0v) is 22.1. The Morgan fingerprint density at radius 1 is 1.06 bits per heavy atom. The van der Waals surface area contributed by atoms with Gasteiger partial charge in [0.25, 0.3) is 0 Å². The summed E-state index contributed by atoms with van der Waals surface area (Å²) in [6.07, 6.45) is 6.48. The Balaban J connectivity index is 1.75. The van der Waals surface area contributed by atoms with E-state index in [-0.39, 0.29) is 10.7 Å². The molecule has 0 bridgehead atoms. The molecule has 4 rings (SSSR count). The lowest BCUT2D eigenvalue weighted by atomic mass is 9.81. The molecule has 0 spiro atoms. The lowest BCUT2D eigenvalue weighted by Crippen LogP contribution is -2.28. The number of hydrogen-bond donors (Lipinski definition) is 1. The summed E-state index contributed by atoms with van der Waals surface area (Å²) in [4.78, 5) is 23.7. The predicted octanol–water partition coefficient (Wildman–Crippen LogP) is 4.82. The van der Waals surface area contributed by atoms with Gasteiger partial charge in [-0.05, 0) is 64.5 Å². The van der Waals surface area contributed by atoms with Crippen LogP contribution in [0.4, 0.5) is 11.4 Å². The van der Waals surface area contributed by atoms with Gasteiger partial charge in [-0.15, -0.1) is 0 Å². The monoisotopic (exact) mass is 478 g/mol. The lowest BCUT2D eigenvalue weighted by Gasteiger charge is -2.25. The van der Waals surface area contributed by atoms with E-state index in [1.54, 1.807) is 12.1 Å². The van der Waals surface area contributed by atoms with Gasteiger partial charge >= 0.3 is 0 Å². The van der Waals surface area contributed by atoms with Crippen LogP contribution in [0.15, 0.2) is 60.3 Å². The minimum Gasteiger partial charge on any atom is -0.775 e. The maximum atomic E-state index is 11.8. The first-order chi connectivity index (χ1) is 15.8. The number of benzene rings is 2. The molecule has 2 aliphatic heterocycles. The number of allylic oxidation sites excluding steroid dienone is 4. The summed E-state index contributed by atoms with van der Waals surface area (Å²) in [6.45, 7) is 16.8. The second-order valence-corrected chi connectivity index (χ2v) is 11.8. The largest absolute Gasteiger partial charge is 0.775 e. The maximum absolute atomic E-state index is 11.8. The van der Waals surface area contributed by atoms with E-state index in [0.717, 1.165) is 30.1 Å². The molecule has 34 heavy (non-hydrogen) atoms. The van der Waals surface area contributed by atoms with Crippen LogP contribution in [0.5, 0.6) is 0 Å². The third kappa shape index (κ3) is 3.80. The molecular formula is C28H35N2O3P. The summed E-state index contributed by atoms with van der Waals surface area (Å²) in [5.74, 6) is 0. The van der Waals surface area contributed by atoms with Crippen molar-refractivity contribution in [2.24, 2.45) is 0 Å². The highest BCUT2D eigenvalue weighted by atomic mass is 31.2. The molecule has 5 nitrogen and oxygen atoms in total. The molecule has 1 atom stereocenters. The molecule has 2 aromatic rings. The zero-order chi connectivity index (χ0) is 25.1. The number of nitrogens with zero attached hydrogens (tertiary/aromatic N) is 2. The Hall–Kier alpha value is -2.46. The topological polar surface area (TPSA) is 66.6 Å². The Morgan fingerprint density at radius 2 is 1.76 bits per heavy atom. The van der Waals surface area contributed by atoms with Crippen molar-refractivity contribution in [3.05, 3.63) is 77.0 Å². The molecular weight excluding hydrogens is 443 g/mol. The lowest BCUT2D eigenvalue weighted by molar-refractivity contribution is -0.433. The van der Waals surface area contributed by atoms with E-state index in [0.29, 0.717) is 0 Å². The molecule has 0 saturated heterocycles. The minimum absolute atomic E-state index is 0.0397. The molecule has 0 amide bonds. The number of aryl methyl sites for hydroxylation is 1. The number of likely N-dealkylation sites (N-methyl/N-ethyl adjacent to an activating group) is 1. The Morgan fingerprint density at radius 3 is 2.38 bits per heavy atom. The number of anilines is 1. The van der Waals surface area contributed by atoms with Gasteiger partial charge < -0.3 is 19.3 Å². The summed E-state index contributed by atoms with van der Waals surface area (Å²) in [5.41, 5.74) is 7.64. The molecule has 1 unspecified atom stereocenters.